The van der Waals surface area contributed by atoms with Crippen LogP contribution in [-0.4, -0.2) is 40.3 Å². The molecule has 2 aliphatic heterocycles. The van der Waals surface area contributed by atoms with Crippen molar-refractivity contribution in [2.24, 2.45) is 0 Å². The highest BCUT2D eigenvalue weighted by atomic mass is 35.5. The molecule has 24 heavy (non-hydrogen) atoms. The lowest BCUT2D eigenvalue weighted by Crippen LogP contribution is -2.42. The number of carbonyl (C=O) groups excluding carboxylic acids is 1. The monoisotopic (exact) mass is 353 g/mol. The van der Waals surface area contributed by atoms with E-state index >= 15 is 0 Å². The third-order valence-corrected chi connectivity index (χ3v) is 4.60. The predicted octanol–water partition coefficient (Wildman–Crippen LogP) is 3.11. The minimum atomic E-state index is -1.15. The number of amides is 1. The average Bonchev–Trinajstić information content (AvgIpc) is 2.91. The highest BCUT2D eigenvalue weighted by Gasteiger charge is 2.33. The van der Waals surface area contributed by atoms with E-state index in [2.05, 4.69) is 5.10 Å². The molecular weight excluding hydrogens is 340 g/mol. The fraction of sp³-hybridized carbons (Fsp3) is 0.375. The summed E-state index contributed by atoms with van der Waals surface area (Å²) in [6.45, 7) is 2.28. The van der Waals surface area contributed by atoms with Gasteiger partial charge in [-0.3, -0.25) is 4.79 Å². The second kappa shape index (κ2) is 5.73. The number of nitrogens with zero attached hydrogens (tertiary/aromatic N) is 3. The highest BCUT2D eigenvalue weighted by Crippen LogP contribution is 2.39. The lowest BCUT2D eigenvalue weighted by atomic mass is 10.0. The number of carbonyl (C=O) groups is 1. The molecule has 8 heteroatoms. The van der Waals surface area contributed by atoms with Gasteiger partial charge in [0.1, 0.15) is 0 Å². The lowest BCUT2D eigenvalue weighted by molar-refractivity contribution is 0.0645. The van der Waals surface area contributed by atoms with E-state index in [-0.39, 0.29) is 27.8 Å². The standard InChI is InChI=1S/C16H14ClF2N3O2/c17-10-4-3-9(12(18)13(10)19)11-14(15(23)21-5-1-6-21)20-22-7-2-8-24-16(11)22/h3-4H,1-2,5-8H2. The third-order valence-electron chi connectivity index (χ3n) is 4.31. The van der Waals surface area contributed by atoms with Gasteiger partial charge in [0.15, 0.2) is 17.3 Å². The van der Waals surface area contributed by atoms with Crippen molar-refractivity contribution in [2.45, 2.75) is 19.4 Å². The summed E-state index contributed by atoms with van der Waals surface area (Å²) in [5, 5.41) is 3.99. The van der Waals surface area contributed by atoms with Gasteiger partial charge in [-0.2, -0.15) is 5.10 Å². The summed E-state index contributed by atoms with van der Waals surface area (Å²) in [7, 11) is 0. The summed E-state index contributed by atoms with van der Waals surface area (Å²) in [4.78, 5) is 14.3. The maximum atomic E-state index is 14.5. The Morgan fingerprint density at radius 2 is 1.96 bits per heavy atom. The number of aromatic nitrogens is 2. The zero-order valence-electron chi connectivity index (χ0n) is 12.7. The van der Waals surface area contributed by atoms with E-state index in [0.29, 0.717) is 32.1 Å². The highest BCUT2D eigenvalue weighted by molar-refractivity contribution is 6.30. The molecule has 3 heterocycles. The number of ether oxygens (including phenoxy) is 1. The Balaban J connectivity index is 1.91. The van der Waals surface area contributed by atoms with E-state index in [1.54, 1.807) is 4.90 Å². The molecule has 1 saturated heterocycles. The van der Waals surface area contributed by atoms with Gasteiger partial charge in [-0.05, 0) is 18.6 Å². The summed E-state index contributed by atoms with van der Waals surface area (Å²) < 4.78 is 35.5. The second-order valence-electron chi connectivity index (χ2n) is 5.82. The quantitative estimate of drug-likeness (QED) is 0.779. The van der Waals surface area contributed by atoms with E-state index in [1.165, 1.54) is 16.8 Å². The minimum Gasteiger partial charge on any atom is -0.477 e. The number of rotatable bonds is 2. The van der Waals surface area contributed by atoms with Crippen LogP contribution < -0.4 is 4.74 Å². The normalized spacial score (nSPS) is 16.4. The van der Waals surface area contributed by atoms with Gasteiger partial charge in [-0.15, -0.1) is 0 Å². The number of aryl methyl sites for hydroxylation is 1. The van der Waals surface area contributed by atoms with Gasteiger partial charge in [0.25, 0.3) is 5.91 Å². The molecule has 1 amide bonds. The number of fused-ring (bicyclic) bond motifs is 1. The fourth-order valence-electron chi connectivity index (χ4n) is 2.91. The first-order valence-corrected chi connectivity index (χ1v) is 8.12. The molecule has 1 aromatic carbocycles. The molecule has 0 bridgehead atoms. The third kappa shape index (κ3) is 2.26. The smallest absolute Gasteiger partial charge is 0.275 e. The zero-order valence-corrected chi connectivity index (χ0v) is 13.4. The van der Waals surface area contributed by atoms with Crippen LogP contribution in [0.1, 0.15) is 23.3 Å². The van der Waals surface area contributed by atoms with Gasteiger partial charge >= 0.3 is 0 Å². The molecule has 126 valence electrons. The van der Waals surface area contributed by atoms with Gasteiger partial charge in [-0.25, -0.2) is 13.5 Å². The van der Waals surface area contributed by atoms with Crippen LogP contribution in [0.3, 0.4) is 0 Å². The molecule has 4 rings (SSSR count). The zero-order chi connectivity index (χ0) is 16.8. The van der Waals surface area contributed by atoms with Crippen LogP contribution in [0.15, 0.2) is 12.1 Å². The Labute approximate surface area is 141 Å². The molecule has 0 spiro atoms. The van der Waals surface area contributed by atoms with E-state index in [1.807, 2.05) is 0 Å². The van der Waals surface area contributed by atoms with Gasteiger partial charge in [0.2, 0.25) is 5.88 Å². The Kier molecular flexibility index (Phi) is 3.68. The average molecular weight is 354 g/mol. The van der Waals surface area contributed by atoms with Gasteiger partial charge in [0.05, 0.1) is 17.2 Å². The molecule has 0 saturated carbocycles. The maximum Gasteiger partial charge on any atom is 0.275 e. The van der Waals surface area contributed by atoms with Crippen molar-refractivity contribution in [1.29, 1.82) is 0 Å². The molecule has 0 N–H and O–H groups in total. The van der Waals surface area contributed by atoms with E-state index in [9.17, 15) is 13.6 Å². The summed E-state index contributed by atoms with van der Waals surface area (Å²) >= 11 is 5.63. The van der Waals surface area contributed by atoms with Crippen molar-refractivity contribution >= 4 is 17.5 Å². The van der Waals surface area contributed by atoms with E-state index in [0.717, 1.165) is 12.8 Å². The molecule has 5 nitrogen and oxygen atoms in total. The number of benzene rings is 1. The van der Waals surface area contributed by atoms with Crippen LogP contribution in [0.25, 0.3) is 11.1 Å². The predicted molar refractivity (Wildman–Crippen MR) is 83.2 cm³/mol. The van der Waals surface area contributed by atoms with Crippen LogP contribution in [0.5, 0.6) is 5.88 Å². The largest absolute Gasteiger partial charge is 0.477 e. The summed E-state index contributed by atoms with van der Waals surface area (Å²) in [6, 6.07) is 2.61. The van der Waals surface area contributed by atoms with Gasteiger partial charge < -0.3 is 9.64 Å². The van der Waals surface area contributed by atoms with Gasteiger partial charge in [-0.1, -0.05) is 11.6 Å². The Hall–Kier alpha value is -2.15. The minimum absolute atomic E-state index is 0.0658. The van der Waals surface area contributed by atoms with Crippen molar-refractivity contribution in [1.82, 2.24) is 14.7 Å². The molecule has 0 atom stereocenters. The molecule has 2 aliphatic rings. The SMILES string of the molecule is O=C(c1nn2c(c1-c1ccc(Cl)c(F)c1F)OCCC2)N1CCC1. The fourth-order valence-corrected chi connectivity index (χ4v) is 3.05. The molecule has 0 radical (unpaired) electrons. The van der Waals surface area contributed by atoms with E-state index < -0.39 is 11.6 Å². The molecule has 2 aromatic rings. The van der Waals surface area contributed by atoms with Crippen LogP contribution >= 0.6 is 11.6 Å². The van der Waals surface area contributed by atoms with Crippen LogP contribution in [-0.2, 0) is 6.54 Å². The molecule has 0 unspecified atom stereocenters. The molecule has 1 aromatic heterocycles. The summed E-state index contributed by atoms with van der Waals surface area (Å²) in [5.74, 6) is -2.25. The van der Waals surface area contributed by atoms with Crippen molar-refractivity contribution in [3.05, 3.63) is 34.5 Å². The van der Waals surface area contributed by atoms with Crippen molar-refractivity contribution in [2.75, 3.05) is 19.7 Å². The van der Waals surface area contributed by atoms with E-state index in [4.69, 9.17) is 16.3 Å². The van der Waals surface area contributed by atoms with Crippen molar-refractivity contribution < 1.29 is 18.3 Å². The second-order valence-corrected chi connectivity index (χ2v) is 6.23. The molecule has 1 fully saturated rings. The van der Waals surface area contributed by atoms with Crippen LogP contribution in [0.4, 0.5) is 8.78 Å². The number of likely N-dealkylation sites (tertiary alicyclic amines) is 1. The number of hydrogen-bond donors (Lipinski definition) is 0. The molecular formula is C16H14ClF2N3O2. The first-order valence-electron chi connectivity index (χ1n) is 7.74. The Bertz CT molecular complexity index is 833. The summed E-state index contributed by atoms with van der Waals surface area (Å²) in [5.41, 5.74) is 0.218. The lowest BCUT2D eigenvalue weighted by Gasteiger charge is -2.30. The Morgan fingerprint density at radius 3 is 2.67 bits per heavy atom. The Morgan fingerprint density at radius 1 is 1.17 bits per heavy atom. The van der Waals surface area contributed by atoms with Gasteiger partial charge in [0, 0.05) is 31.6 Å². The van der Waals surface area contributed by atoms with Crippen LogP contribution in [0.2, 0.25) is 5.02 Å². The number of hydrogen-bond acceptors (Lipinski definition) is 3. The number of halogens is 3. The van der Waals surface area contributed by atoms with Crippen LogP contribution in [0, 0.1) is 11.6 Å². The van der Waals surface area contributed by atoms with Crippen molar-refractivity contribution in [3.8, 4) is 17.0 Å². The molecule has 0 aliphatic carbocycles. The topological polar surface area (TPSA) is 47.4 Å². The maximum absolute atomic E-state index is 14.5. The first-order chi connectivity index (χ1) is 11.6. The summed E-state index contributed by atoms with van der Waals surface area (Å²) in [6.07, 6.45) is 1.66. The van der Waals surface area contributed by atoms with Crippen molar-refractivity contribution in [3.63, 3.8) is 0 Å². The first kappa shape index (κ1) is 15.4.